The molecule has 0 spiro atoms. The lowest BCUT2D eigenvalue weighted by Gasteiger charge is -2.29. The Hall–Kier alpha value is -2.09. The summed E-state index contributed by atoms with van der Waals surface area (Å²) in [6, 6.07) is 0.167. The molecule has 4 rings (SSSR count). The van der Waals surface area contributed by atoms with Gasteiger partial charge in [0.25, 0.3) is 5.92 Å². The number of hydrogen-bond acceptors (Lipinski definition) is 9. The van der Waals surface area contributed by atoms with Gasteiger partial charge < -0.3 is 9.64 Å². The summed E-state index contributed by atoms with van der Waals surface area (Å²) >= 11 is -0.0391. The van der Waals surface area contributed by atoms with Crippen LogP contribution in [0.4, 0.5) is 12.7 Å². The van der Waals surface area contributed by atoms with Gasteiger partial charge in [-0.05, 0) is 19.8 Å². The number of hydrazine groups is 1. The second kappa shape index (κ2) is 9.41. The van der Waals surface area contributed by atoms with Crippen LogP contribution in [0, 0.1) is 6.92 Å². The van der Waals surface area contributed by atoms with Gasteiger partial charge in [0.15, 0.2) is 24.5 Å². The third-order valence-electron chi connectivity index (χ3n) is 5.73. The van der Waals surface area contributed by atoms with E-state index >= 15 is 0 Å². The number of amidine groups is 1. The number of nitrogens with zero attached hydrogens (tertiary/aromatic N) is 6. The van der Waals surface area contributed by atoms with Crippen molar-refractivity contribution in [2.24, 2.45) is 9.98 Å². The number of fused-ring (bicyclic) bond motifs is 1. The third kappa shape index (κ3) is 4.65. The fourth-order valence-electron chi connectivity index (χ4n) is 4.03. The molecular weight excluding hydrogens is 445 g/mol. The SMILES string of the molecule is CCC(CCOC)NC1N=C2C(N3CCC(F)(F)C3)=C(c3cn(SF)nc3C)N=CN2N1. The maximum atomic E-state index is 14.1. The van der Waals surface area contributed by atoms with Crippen LogP contribution in [0.1, 0.15) is 37.4 Å². The number of methoxy groups -OCH3 is 1. The summed E-state index contributed by atoms with van der Waals surface area (Å²) in [5, 5.41) is 9.17. The molecule has 0 aromatic carbocycles. The van der Waals surface area contributed by atoms with Crippen LogP contribution in [-0.4, -0.2) is 76.3 Å². The molecule has 13 heteroatoms. The van der Waals surface area contributed by atoms with Crippen molar-refractivity contribution in [3.8, 4) is 0 Å². The number of aliphatic imine (C=N–C) groups is 2. The highest BCUT2D eigenvalue weighted by Gasteiger charge is 2.44. The molecule has 0 radical (unpaired) electrons. The Bertz CT molecular complexity index is 934. The van der Waals surface area contributed by atoms with Crippen LogP contribution in [0.2, 0.25) is 0 Å². The molecule has 3 aliphatic rings. The topological polar surface area (TPSA) is 82.3 Å². The Balaban J connectivity index is 1.69. The lowest BCUT2D eigenvalue weighted by Crippen LogP contribution is -2.50. The van der Waals surface area contributed by atoms with Gasteiger partial charge >= 0.3 is 0 Å². The highest BCUT2D eigenvalue weighted by molar-refractivity contribution is 7.92. The van der Waals surface area contributed by atoms with Crippen molar-refractivity contribution < 1.29 is 17.4 Å². The zero-order valence-electron chi connectivity index (χ0n) is 18.2. The first-order chi connectivity index (χ1) is 15.3. The number of rotatable bonds is 9. The van der Waals surface area contributed by atoms with Gasteiger partial charge in [0.1, 0.15) is 17.7 Å². The lowest BCUT2D eigenvalue weighted by molar-refractivity contribution is 0.0156. The maximum absolute atomic E-state index is 14.1. The fraction of sp³-hybridized carbons (Fsp3) is 0.632. The quantitative estimate of drug-likeness (QED) is 0.572. The summed E-state index contributed by atoms with van der Waals surface area (Å²) in [6.07, 6.45) is 4.07. The Morgan fingerprint density at radius 2 is 2.25 bits per heavy atom. The van der Waals surface area contributed by atoms with Gasteiger partial charge in [0.05, 0.1) is 18.4 Å². The van der Waals surface area contributed by atoms with Crippen molar-refractivity contribution in [3.63, 3.8) is 0 Å². The highest BCUT2D eigenvalue weighted by Crippen LogP contribution is 2.36. The van der Waals surface area contributed by atoms with Crippen molar-refractivity contribution in [1.82, 2.24) is 29.8 Å². The van der Waals surface area contributed by atoms with Gasteiger partial charge in [-0.25, -0.2) is 23.8 Å². The summed E-state index contributed by atoms with van der Waals surface area (Å²) < 4.78 is 47.6. The molecule has 1 saturated heterocycles. The average Bonchev–Trinajstić information content (AvgIpc) is 3.45. The van der Waals surface area contributed by atoms with Crippen LogP contribution in [0.25, 0.3) is 5.70 Å². The number of hydrogen-bond donors (Lipinski definition) is 2. The highest BCUT2D eigenvalue weighted by atomic mass is 32.2. The molecule has 32 heavy (non-hydrogen) atoms. The first kappa shape index (κ1) is 23.1. The average molecular weight is 473 g/mol. The Morgan fingerprint density at radius 3 is 2.88 bits per heavy atom. The van der Waals surface area contributed by atoms with Crippen molar-refractivity contribution >= 4 is 30.2 Å². The van der Waals surface area contributed by atoms with E-state index in [1.54, 1.807) is 30.3 Å². The molecule has 0 amide bonds. The summed E-state index contributed by atoms with van der Waals surface area (Å²) in [5.74, 6) is -2.30. The zero-order valence-corrected chi connectivity index (χ0v) is 19.0. The second-order valence-electron chi connectivity index (χ2n) is 7.98. The number of nitrogens with one attached hydrogen (secondary N) is 2. The number of alkyl halides is 2. The van der Waals surface area contributed by atoms with Crippen LogP contribution in [0.5, 0.6) is 0 Å². The molecule has 0 saturated carbocycles. The number of likely N-dealkylation sites (tertiary alicyclic amines) is 1. The smallest absolute Gasteiger partial charge is 0.266 e. The Morgan fingerprint density at radius 1 is 1.44 bits per heavy atom. The van der Waals surface area contributed by atoms with Gasteiger partial charge in [0.2, 0.25) is 0 Å². The van der Waals surface area contributed by atoms with Crippen LogP contribution >= 0.6 is 12.3 Å². The summed E-state index contributed by atoms with van der Waals surface area (Å²) in [4.78, 5) is 10.9. The normalized spacial score (nSPS) is 23.2. The van der Waals surface area contributed by atoms with Gasteiger partial charge in [0, 0.05) is 38.3 Å². The van der Waals surface area contributed by atoms with E-state index in [9.17, 15) is 12.7 Å². The van der Waals surface area contributed by atoms with Gasteiger partial charge in [-0.2, -0.15) is 14.6 Å². The fourth-order valence-corrected chi connectivity index (χ4v) is 4.33. The molecule has 3 aliphatic heterocycles. The molecule has 2 N–H and O–H groups in total. The van der Waals surface area contributed by atoms with E-state index in [2.05, 4.69) is 27.8 Å². The lowest BCUT2D eigenvalue weighted by atomic mass is 10.1. The summed E-state index contributed by atoms with van der Waals surface area (Å²) in [7, 11) is 1.66. The minimum Gasteiger partial charge on any atom is -0.385 e. The van der Waals surface area contributed by atoms with Crippen molar-refractivity contribution in [3.05, 3.63) is 23.2 Å². The molecular formula is C19H27F3N8OS. The van der Waals surface area contributed by atoms with Crippen LogP contribution in [0.15, 0.2) is 21.9 Å². The molecule has 2 unspecified atom stereocenters. The van der Waals surface area contributed by atoms with E-state index in [0.717, 1.165) is 16.9 Å². The molecule has 0 bridgehead atoms. The van der Waals surface area contributed by atoms with E-state index in [4.69, 9.17) is 9.73 Å². The molecule has 4 heterocycles. The van der Waals surface area contributed by atoms with Crippen LogP contribution in [-0.2, 0) is 4.74 Å². The van der Waals surface area contributed by atoms with Crippen molar-refractivity contribution in [2.75, 3.05) is 26.8 Å². The van der Waals surface area contributed by atoms with Crippen LogP contribution < -0.4 is 10.7 Å². The van der Waals surface area contributed by atoms with Gasteiger partial charge in [-0.3, -0.25) is 5.32 Å². The zero-order chi connectivity index (χ0) is 22.9. The molecule has 9 nitrogen and oxygen atoms in total. The van der Waals surface area contributed by atoms with Crippen molar-refractivity contribution in [2.45, 2.75) is 51.4 Å². The number of halogens is 3. The third-order valence-corrected chi connectivity index (χ3v) is 6.05. The van der Waals surface area contributed by atoms with E-state index < -0.39 is 18.8 Å². The predicted octanol–water partition coefficient (Wildman–Crippen LogP) is 2.53. The second-order valence-corrected chi connectivity index (χ2v) is 8.49. The molecule has 176 valence electrons. The molecule has 2 atom stereocenters. The number of aryl methyl sites for hydroxylation is 1. The standard InChI is InChI=1S/C19H27F3N8OS/c1-4-13(5-8-31-3)24-18-25-17-16(28-7-6-19(20,21)10-28)15(23-11-29(17)27-18)14-9-30(32-22)26-12(14)2/h9,11,13,18,24,27H,4-8,10H2,1-3H3. The minimum absolute atomic E-state index is 0.0391. The molecule has 1 aromatic heterocycles. The molecule has 1 fully saturated rings. The number of ether oxygens (including phenoxy) is 1. The van der Waals surface area contributed by atoms with Gasteiger partial charge in [-0.1, -0.05) is 6.92 Å². The Kier molecular flexibility index (Phi) is 6.79. The minimum atomic E-state index is -2.80. The maximum Gasteiger partial charge on any atom is 0.266 e. The largest absolute Gasteiger partial charge is 0.385 e. The monoisotopic (exact) mass is 472 g/mol. The first-order valence-electron chi connectivity index (χ1n) is 10.5. The summed E-state index contributed by atoms with van der Waals surface area (Å²) in [6.45, 7) is 4.16. The first-order valence-corrected chi connectivity index (χ1v) is 11.2. The van der Waals surface area contributed by atoms with Gasteiger partial charge in [-0.15, -0.1) is 3.89 Å². The predicted molar refractivity (Wildman–Crippen MR) is 118 cm³/mol. The summed E-state index contributed by atoms with van der Waals surface area (Å²) in [5.41, 5.74) is 5.26. The molecule has 0 aliphatic carbocycles. The van der Waals surface area contributed by atoms with E-state index in [0.29, 0.717) is 35.1 Å². The van der Waals surface area contributed by atoms with Crippen LogP contribution in [0.3, 0.4) is 0 Å². The van der Waals surface area contributed by atoms with E-state index in [-0.39, 0.29) is 31.3 Å². The van der Waals surface area contributed by atoms with E-state index in [1.807, 2.05) is 0 Å². The van der Waals surface area contributed by atoms with E-state index in [1.165, 1.54) is 6.20 Å². The Labute approximate surface area is 189 Å². The number of aromatic nitrogens is 2. The van der Waals surface area contributed by atoms with Crippen molar-refractivity contribution in [1.29, 1.82) is 0 Å². The molecule has 1 aromatic rings.